The van der Waals surface area contributed by atoms with Crippen LogP contribution in [0.4, 0.5) is 0 Å². The van der Waals surface area contributed by atoms with Crippen LogP contribution in [0.2, 0.25) is 0 Å². The molecule has 1 aliphatic rings. The van der Waals surface area contributed by atoms with Crippen molar-refractivity contribution in [2.24, 2.45) is 0 Å². The Labute approximate surface area is 147 Å². The van der Waals surface area contributed by atoms with Crippen LogP contribution in [-0.4, -0.2) is 44.9 Å². The molecule has 0 unspecified atom stereocenters. The largest absolute Gasteiger partial charge is 0.488 e. The molecule has 1 aromatic carbocycles. The van der Waals surface area contributed by atoms with Crippen molar-refractivity contribution in [2.75, 3.05) is 7.05 Å². The number of aliphatic hydroxyl groups is 1. The van der Waals surface area contributed by atoms with Crippen LogP contribution in [0.3, 0.4) is 0 Å². The molecule has 1 fully saturated rings. The molecular formula is C18H25N3O2S. The van der Waals surface area contributed by atoms with E-state index in [0.717, 1.165) is 42.1 Å². The lowest BCUT2D eigenvalue weighted by atomic mass is 9.89. The first-order valence-corrected chi connectivity index (χ1v) is 9.21. The van der Waals surface area contributed by atoms with Gasteiger partial charge in [-0.2, -0.15) is 0 Å². The first-order chi connectivity index (χ1) is 11.5. The van der Waals surface area contributed by atoms with E-state index in [9.17, 15) is 5.11 Å². The maximum Gasteiger partial charge on any atom is 0.126 e. The number of likely N-dealkylation sites (N-methyl/N-ethyl adjacent to an activating group) is 1. The number of ether oxygens (including phenoxy) is 1. The minimum Gasteiger partial charge on any atom is -0.488 e. The SMILES string of the molecule is Cc1cccc(O[C@@H]2CCC[C@H](N(C)Cc3snnc3C)[C@H]2O)c1. The second kappa shape index (κ2) is 7.59. The normalized spacial score (nSPS) is 24.3. The van der Waals surface area contributed by atoms with Crippen LogP contribution in [0, 0.1) is 13.8 Å². The second-order valence-corrected chi connectivity index (χ2v) is 7.50. The molecule has 1 saturated carbocycles. The summed E-state index contributed by atoms with van der Waals surface area (Å²) < 4.78 is 10.1. The van der Waals surface area contributed by atoms with Gasteiger partial charge < -0.3 is 9.84 Å². The van der Waals surface area contributed by atoms with E-state index in [1.54, 1.807) is 0 Å². The molecule has 1 aromatic heterocycles. The molecule has 3 rings (SSSR count). The Hall–Kier alpha value is -1.50. The standard InChI is InChI=1S/C18H25N3O2S/c1-12-6-4-7-14(10-12)23-16-9-5-8-15(18(16)22)21(3)11-17-13(2)19-20-24-17/h4,6-7,10,15-16,18,22H,5,8-9,11H2,1-3H3/t15-,16+,18+/m0/s1. The van der Waals surface area contributed by atoms with Gasteiger partial charge in [-0.15, -0.1) is 5.10 Å². The molecule has 0 radical (unpaired) electrons. The molecular weight excluding hydrogens is 322 g/mol. The van der Waals surface area contributed by atoms with Crippen LogP contribution >= 0.6 is 11.5 Å². The summed E-state index contributed by atoms with van der Waals surface area (Å²) in [5.41, 5.74) is 2.14. The molecule has 0 bridgehead atoms. The van der Waals surface area contributed by atoms with Crippen molar-refractivity contribution in [2.45, 2.75) is 57.9 Å². The van der Waals surface area contributed by atoms with Crippen molar-refractivity contribution in [3.63, 3.8) is 0 Å². The summed E-state index contributed by atoms with van der Waals surface area (Å²) in [5.74, 6) is 0.838. The number of benzene rings is 1. The zero-order valence-corrected chi connectivity index (χ0v) is 15.3. The molecule has 6 heteroatoms. The van der Waals surface area contributed by atoms with Gasteiger partial charge in [-0.25, -0.2) is 0 Å². The third-order valence-electron chi connectivity index (χ3n) is 4.75. The van der Waals surface area contributed by atoms with E-state index in [2.05, 4.69) is 21.5 Å². The molecule has 3 atom stereocenters. The number of aliphatic hydroxyl groups excluding tert-OH is 1. The van der Waals surface area contributed by atoms with Gasteiger partial charge in [-0.1, -0.05) is 16.6 Å². The second-order valence-electron chi connectivity index (χ2n) is 6.66. The van der Waals surface area contributed by atoms with Gasteiger partial charge in [0.05, 0.1) is 10.6 Å². The topological polar surface area (TPSA) is 58.5 Å². The molecule has 130 valence electrons. The number of nitrogens with zero attached hydrogens (tertiary/aromatic N) is 3. The van der Waals surface area contributed by atoms with E-state index in [0.29, 0.717) is 0 Å². The molecule has 24 heavy (non-hydrogen) atoms. The molecule has 0 saturated heterocycles. The molecule has 1 N–H and O–H groups in total. The van der Waals surface area contributed by atoms with Crippen molar-refractivity contribution in [3.05, 3.63) is 40.4 Å². The molecule has 0 amide bonds. The van der Waals surface area contributed by atoms with Gasteiger partial charge in [0, 0.05) is 12.6 Å². The predicted molar refractivity (Wildman–Crippen MR) is 95.4 cm³/mol. The lowest BCUT2D eigenvalue weighted by Crippen LogP contribution is -2.51. The lowest BCUT2D eigenvalue weighted by Gasteiger charge is -2.39. The Balaban J connectivity index is 1.65. The maximum atomic E-state index is 10.8. The van der Waals surface area contributed by atoms with Crippen LogP contribution in [0.15, 0.2) is 24.3 Å². The number of aromatic nitrogens is 2. The highest BCUT2D eigenvalue weighted by molar-refractivity contribution is 7.05. The summed E-state index contributed by atoms with van der Waals surface area (Å²) in [7, 11) is 2.06. The number of hydrogen-bond acceptors (Lipinski definition) is 6. The first kappa shape index (κ1) is 17.3. The Bertz CT molecular complexity index is 676. The minimum atomic E-state index is -0.495. The van der Waals surface area contributed by atoms with E-state index in [1.165, 1.54) is 17.1 Å². The van der Waals surface area contributed by atoms with E-state index >= 15 is 0 Å². The highest BCUT2D eigenvalue weighted by Crippen LogP contribution is 2.28. The molecule has 2 aromatic rings. The van der Waals surface area contributed by atoms with Crippen LogP contribution in [0.25, 0.3) is 0 Å². The van der Waals surface area contributed by atoms with Gasteiger partial charge in [0.1, 0.15) is 18.0 Å². The minimum absolute atomic E-state index is 0.0926. The van der Waals surface area contributed by atoms with E-state index < -0.39 is 6.10 Å². The fourth-order valence-corrected chi connectivity index (χ4v) is 4.03. The highest BCUT2D eigenvalue weighted by atomic mass is 32.1. The van der Waals surface area contributed by atoms with Crippen LogP contribution in [0.1, 0.15) is 35.4 Å². The molecule has 0 aliphatic heterocycles. The van der Waals surface area contributed by atoms with Gasteiger partial charge in [0.2, 0.25) is 0 Å². The van der Waals surface area contributed by atoms with Crippen molar-refractivity contribution in [1.29, 1.82) is 0 Å². The Morgan fingerprint density at radius 2 is 2.17 bits per heavy atom. The summed E-state index contributed by atoms with van der Waals surface area (Å²) >= 11 is 1.43. The first-order valence-electron chi connectivity index (χ1n) is 8.44. The summed E-state index contributed by atoms with van der Waals surface area (Å²) in [6.45, 7) is 4.79. The highest BCUT2D eigenvalue weighted by Gasteiger charge is 2.35. The third-order valence-corrected chi connectivity index (χ3v) is 5.55. The van der Waals surface area contributed by atoms with E-state index in [4.69, 9.17) is 4.74 Å². The molecule has 5 nitrogen and oxygen atoms in total. The zero-order valence-electron chi connectivity index (χ0n) is 14.5. The lowest BCUT2D eigenvalue weighted by molar-refractivity contribution is -0.0490. The zero-order chi connectivity index (χ0) is 17.1. The number of aryl methyl sites for hydroxylation is 2. The molecule has 1 heterocycles. The van der Waals surface area contributed by atoms with Crippen molar-refractivity contribution in [3.8, 4) is 5.75 Å². The quantitative estimate of drug-likeness (QED) is 0.901. The van der Waals surface area contributed by atoms with Crippen molar-refractivity contribution >= 4 is 11.5 Å². The van der Waals surface area contributed by atoms with E-state index in [1.807, 2.05) is 38.1 Å². The van der Waals surface area contributed by atoms with Crippen LogP contribution in [0.5, 0.6) is 5.75 Å². The van der Waals surface area contributed by atoms with Crippen molar-refractivity contribution < 1.29 is 9.84 Å². The molecule has 0 spiro atoms. The summed E-state index contributed by atoms with van der Waals surface area (Å²) in [5, 5.41) is 14.9. The average molecular weight is 347 g/mol. The fourth-order valence-electron chi connectivity index (χ4n) is 3.33. The Kier molecular flexibility index (Phi) is 5.48. The summed E-state index contributed by atoms with van der Waals surface area (Å²) in [4.78, 5) is 3.37. The number of rotatable bonds is 5. The Morgan fingerprint density at radius 1 is 1.33 bits per heavy atom. The van der Waals surface area contributed by atoms with E-state index in [-0.39, 0.29) is 12.1 Å². The fraction of sp³-hybridized carbons (Fsp3) is 0.556. The van der Waals surface area contributed by atoms with Gasteiger partial charge in [-0.3, -0.25) is 4.90 Å². The number of hydrogen-bond donors (Lipinski definition) is 1. The van der Waals surface area contributed by atoms with Crippen LogP contribution < -0.4 is 4.74 Å². The Morgan fingerprint density at radius 3 is 2.88 bits per heavy atom. The average Bonchev–Trinajstić information content (AvgIpc) is 2.94. The summed E-state index contributed by atoms with van der Waals surface area (Å²) in [6, 6.07) is 8.11. The smallest absolute Gasteiger partial charge is 0.126 e. The maximum absolute atomic E-state index is 10.8. The van der Waals surface area contributed by atoms with Gasteiger partial charge >= 0.3 is 0 Å². The summed E-state index contributed by atoms with van der Waals surface area (Å²) in [6.07, 6.45) is 2.28. The monoisotopic (exact) mass is 347 g/mol. The third kappa shape index (κ3) is 3.94. The molecule has 1 aliphatic carbocycles. The van der Waals surface area contributed by atoms with Gasteiger partial charge in [0.15, 0.2) is 0 Å². The van der Waals surface area contributed by atoms with Crippen molar-refractivity contribution in [1.82, 2.24) is 14.5 Å². The van der Waals surface area contributed by atoms with Crippen LogP contribution in [-0.2, 0) is 6.54 Å². The predicted octanol–water partition coefficient (Wildman–Crippen LogP) is 2.95. The van der Waals surface area contributed by atoms with Gasteiger partial charge in [0.25, 0.3) is 0 Å². The van der Waals surface area contributed by atoms with Gasteiger partial charge in [-0.05, 0) is 69.4 Å².